The number of aromatic nitrogens is 2. The molecule has 2 rings (SSSR count). The standard InChI is InChI=1S/C14H9F4N3O2S/c1-2-7-21(10-5-3-9(15)4-6-10)11(22)8-23-13-20-19-12(24-13)14(16,17)18/h1,3-6H,7-8H2. The number of amides is 1. The third-order valence-corrected chi connectivity index (χ3v) is 3.54. The highest BCUT2D eigenvalue weighted by molar-refractivity contribution is 7.13. The van der Waals surface area contributed by atoms with Crippen LogP contribution in [0.5, 0.6) is 5.19 Å². The van der Waals surface area contributed by atoms with Crippen molar-refractivity contribution >= 4 is 22.9 Å². The third kappa shape index (κ3) is 4.42. The quantitative estimate of drug-likeness (QED) is 0.609. The van der Waals surface area contributed by atoms with E-state index in [0.29, 0.717) is 5.69 Å². The first kappa shape index (κ1) is 17.7. The number of hydrogen-bond donors (Lipinski definition) is 0. The Morgan fingerprint density at radius 1 is 1.29 bits per heavy atom. The lowest BCUT2D eigenvalue weighted by molar-refractivity contribution is -0.138. The van der Waals surface area contributed by atoms with Gasteiger partial charge < -0.3 is 4.74 Å². The number of terminal acetylenes is 1. The molecule has 5 nitrogen and oxygen atoms in total. The van der Waals surface area contributed by atoms with Crippen molar-refractivity contribution in [3.8, 4) is 17.5 Å². The lowest BCUT2D eigenvalue weighted by Crippen LogP contribution is -2.35. The Morgan fingerprint density at radius 2 is 1.96 bits per heavy atom. The molecule has 0 atom stereocenters. The fourth-order valence-electron chi connectivity index (χ4n) is 1.62. The van der Waals surface area contributed by atoms with Crippen molar-refractivity contribution in [2.45, 2.75) is 6.18 Å². The Hall–Kier alpha value is -2.67. The van der Waals surface area contributed by atoms with E-state index in [9.17, 15) is 22.4 Å². The summed E-state index contributed by atoms with van der Waals surface area (Å²) in [4.78, 5) is 13.3. The molecule has 0 fully saturated rings. The van der Waals surface area contributed by atoms with Crippen LogP contribution in [0, 0.1) is 18.2 Å². The Morgan fingerprint density at radius 3 is 2.50 bits per heavy atom. The summed E-state index contributed by atoms with van der Waals surface area (Å²) in [6.45, 7) is -0.705. The minimum absolute atomic E-state index is 0.113. The normalized spacial score (nSPS) is 11.0. The minimum atomic E-state index is -4.63. The minimum Gasteiger partial charge on any atom is -0.459 e. The van der Waals surface area contributed by atoms with Crippen molar-refractivity contribution in [1.82, 2.24) is 10.2 Å². The molecule has 1 heterocycles. The summed E-state index contributed by atoms with van der Waals surface area (Å²) >= 11 is 0.175. The van der Waals surface area contributed by atoms with E-state index in [1.807, 2.05) is 0 Å². The van der Waals surface area contributed by atoms with Crippen LogP contribution < -0.4 is 9.64 Å². The number of carbonyl (C=O) groups is 1. The molecular weight excluding hydrogens is 350 g/mol. The Bertz CT molecular complexity index is 753. The van der Waals surface area contributed by atoms with Gasteiger partial charge >= 0.3 is 6.18 Å². The van der Waals surface area contributed by atoms with Gasteiger partial charge in [0.05, 0.1) is 6.54 Å². The molecule has 1 aromatic heterocycles. The van der Waals surface area contributed by atoms with Crippen molar-refractivity contribution < 1.29 is 27.1 Å². The smallest absolute Gasteiger partial charge is 0.445 e. The van der Waals surface area contributed by atoms with Gasteiger partial charge in [0, 0.05) is 5.69 Å². The molecule has 0 aliphatic rings. The van der Waals surface area contributed by atoms with Crippen LogP contribution in [-0.2, 0) is 11.0 Å². The van der Waals surface area contributed by atoms with Crippen molar-refractivity contribution in [2.24, 2.45) is 0 Å². The maximum atomic E-state index is 12.9. The molecule has 0 saturated heterocycles. The van der Waals surface area contributed by atoms with E-state index in [-0.39, 0.29) is 17.9 Å². The lowest BCUT2D eigenvalue weighted by atomic mass is 10.2. The molecule has 0 spiro atoms. The van der Waals surface area contributed by atoms with E-state index in [0.717, 1.165) is 17.0 Å². The third-order valence-electron chi connectivity index (χ3n) is 2.66. The van der Waals surface area contributed by atoms with Crippen molar-refractivity contribution in [2.75, 3.05) is 18.1 Å². The lowest BCUT2D eigenvalue weighted by Gasteiger charge is -2.20. The molecule has 2 aromatic rings. The van der Waals surface area contributed by atoms with E-state index in [2.05, 4.69) is 16.1 Å². The number of nitrogens with zero attached hydrogens (tertiary/aromatic N) is 3. The van der Waals surface area contributed by atoms with Crippen molar-refractivity contribution in [3.05, 3.63) is 35.1 Å². The van der Waals surface area contributed by atoms with E-state index >= 15 is 0 Å². The highest BCUT2D eigenvalue weighted by Crippen LogP contribution is 2.33. The van der Waals surface area contributed by atoms with Crippen LogP contribution in [-0.4, -0.2) is 29.3 Å². The predicted octanol–water partition coefficient (Wildman–Crippen LogP) is 2.74. The molecule has 1 aromatic carbocycles. The molecule has 0 bridgehead atoms. The monoisotopic (exact) mass is 359 g/mol. The first-order valence-corrected chi connectivity index (χ1v) is 7.16. The van der Waals surface area contributed by atoms with Crippen LogP contribution >= 0.6 is 11.3 Å². The summed E-state index contributed by atoms with van der Waals surface area (Å²) in [5, 5.41) is 4.57. The van der Waals surface area contributed by atoms with Crippen LogP contribution in [0.25, 0.3) is 0 Å². The highest BCUT2D eigenvalue weighted by Gasteiger charge is 2.36. The maximum Gasteiger partial charge on any atom is 0.445 e. The second-order valence-corrected chi connectivity index (χ2v) is 5.26. The highest BCUT2D eigenvalue weighted by atomic mass is 32.1. The van der Waals surface area contributed by atoms with Gasteiger partial charge in [-0.15, -0.1) is 11.5 Å². The van der Waals surface area contributed by atoms with E-state index in [1.54, 1.807) is 0 Å². The van der Waals surface area contributed by atoms with Crippen LogP contribution in [0.2, 0.25) is 0 Å². The van der Waals surface area contributed by atoms with Crippen LogP contribution in [0.4, 0.5) is 23.2 Å². The molecular formula is C14H9F4N3O2S. The summed E-state index contributed by atoms with van der Waals surface area (Å²) in [5.41, 5.74) is 0.330. The number of carbonyl (C=O) groups excluding carboxylic acids is 1. The predicted molar refractivity (Wildman–Crippen MR) is 78.0 cm³/mol. The number of anilines is 1. The second kappa shape index (κ2) is 7.27. The molecule has 0 aliphatic carbocycles. The SMILES string of the molecule is C#CCN(C(=O)COc1nnc(C(F)(F)F)s1)c1ccc(F)cc1. The van der Waals surface area contributed by atoms with Crippen molar-refractivity contribution in [1.29, 1.82) is 0 Å². The molecule has 0 radical (unpaired) electrons. The average molecular weight is 359 g/mol. The van der Waals surface area contributed by atoms with Crippen LogP contribution in [0.3, 0.4) is 0 Å². The van der Waals surface area contributed by atoms with Gasteiger partial charge in [0.15, 0.2) is 6.61 Å². The van der Waals surface area contributed by atoms with E-state index in [1.165, 1.54) is 12.1 Å². The Kier molecular flexibility index (Phi) is 5.35. The Labute approximate surface area is 137 Å². The summed E-state index contributed by atoms with van der Waals surface area (Å²) in [6.07, 6.45) is 0.557. The van der Waals surface area contributed by atoms with Gasteiger partial charge in [0.2, 0.25) is 5.01 Å². The molecule has 24 heavy (non-hydrogen) atoms. The number of ether oxygens (including phenoxy) is 1. The van der Waals surface area contributed by atoms with Gasteiger partial charge in [0.25, 0.3) is 11.1 Å². The largest absolute Gasteiger partial charge is 0.459 e. The maximum absolute atomic E-state index is 12.9. The molecule has 1 amide bonds. The zero-order valence-electron chi connectivity index (χ0n) is 11.9. The van der Waals surface area contributed by atoms with Gasteiger partial charge in [-0.05, 0) is 24.3 Å². The summed E-state index contributed by atoms with van der Waals surface area (Å²) in [6, 6.07) is 4.98. The number of halogens is 4. The van der Waals surface area contributed by atoms with Gasteiger partial charge in [0.1, 0.15) is 5.82 Å². The Balaban J connectivity index is 2.04. The van der Waals surface area contributed by atoms with Crippen LogP contribution in [0.1, 0.15) is 5.01 Å². The molecule has 0 N–H and O–H groups in total. The number of rotatable bonds is 5. The van der Waals surface area contributed by atoms with Gasteiger partial charge in [-0.3, -0.25) is 9.69 Å². The van der Waals surface area contributed by atoms with E-state index in [4.69, 9.17) is 11.2 Å². The summed E-state index contributed by atoms with van der Waals surface area (Å²) in [5.74, 6) is 1.15. The molecule has 126 valence electrons. The summed E-state index contributed by atoms with van der Waals surface area (Å²) < 4.78 is 55.1. The number of alkyl halides is 3. The summed E-state index contributed by atoms with van der Waals surface area (Å²) in [7, 11) is 0. The first-order chi connectivity index (χ1) is 11.3. The van der Waals surface area contributed by atoms with Gasteiger partial charge in [-0.1, -0.05) is 22.4 Å². The van der Waals surface area contributed by atoms with E-state index < -0.39 is 34.7 Å². The number of hydrogen-bond acceptors (Lipinski definition) is 5. The molecule has 0 unspecified atom stereocenters. The van der Waals surface area contributed by atoms with Gasteiger partial charge in [-0.2, -0.15) is 13.2 Å². The molecule has 0 aliphatic heterocycles. The first-order valence-electron chi connectivity index (χ1n) is 6.34. The molecule has 0 saturated carbocycles. The zero-order chi connectivity index (χ0) is 17.7. The zero-order valence-corrected chi connectivity index (χ0v) is 12.7. The van der Waals surface area contributed by atoms with Crippen molar-refractivity contribution in [3.63, 3.8) is 0 Å². The topological polar surface area (TPSA) is 55.3 Å². The fraction of sp³-hybridized carbons (Fsp3) is 0.214. The molecule has 10 heteroatoms. The fourth-order valence-corrected chi connectivity index (χ4v) is 2.18. The number of benzene rings is 1. The average Bonchev–Trinajstić information content (AvgIpc) is 3.00. The second-order valence-electron chi connectivity index (χ2n) is 4.32. The van der Waals surface area contributed by atoms with Gasteiger partial charge in [-0.25, -0.2) is 4.39 Å². The van der Waals surface area contributed by atoms with Crippen LogP contribution in [0.15, 0.2) is 24.3 Å².